The van der Waals surface area contributed by atoms with Crippen LogP contribution in [0.3, 0.4) is 0 Å². The van der Waals surface area contributed by atoms with Gasteiger partial charge in [-0.05, 0) is 68.9 Å². The highest BCUT2D eigenvalue weighted by atomic mass is 15.1. The van der Waals surface area contributed by atoms with Crippen molar-refractivity contribution < 1.29 is 0 Å². The van der Waals surface area contributed by atoms with Crippen LogP contribution < -0.4 is 0 Å². The van der Waals surface area contributed by atoms with Crippen LogP contribution in [0.15, 0.2) is 0 Å². The zero-order chi connectivity index (χ0) is 14.4. The van der Waals surface area contributed by atoms with E-state index < -0.39 is 0 Å². The molecule has 2 fully saturated rings. The van der Waals surface area contributed by atoms with E-state index in [2.05, 4.69) is 25.7 Å². The van der Waals surface area contributed by atoms with Crippen molar-refractivity contribution in [2.45, 2.75) is 78.6 Å². The van der Waals surface area contributed by atoms with Crippen LogP contribution in [0.1, 0.15) is 78.6 Å². The van der Waals surface area contributed by atoms with E-state index in [1.807, 2.05) is 0 Å². The Bertz CT molecular complexity index is 244. The van der Waals surface area contributed by atoms with Crippen LogP contribution in [0.2, 0.25) is 0 Å². The van der Waals surface area contributed by atoms with Gasteiger partial charge in [-0.2, -0.15) is 0 Å². The van der Waals surface area contributed by atoms with Crippen LogP contribution in [0.5, 0.6) is 0 Å². The first-order chi connectivity index (χ1) is 9.67. The lowest BCUT2D eigenvalue weighted by Gasteiger charge is -2.37. The minimum absolute atomic E-state index is 0.897. The predicted octanol–water partition coefficient (Wildman–Crippen LogP) is 5.35. The van der Waals surface area contributed by atoms with E-state index in [1.54, 1.807) is 0 Å². The van der Waals surface area contributed by atoms with Gasteiger partial charge in [-0.3, -0.25) is 0 Å². The standard InChI is InChI=1S/C19H37N/c1-4-5-17-10-12-20(13-11-17)15-19-8-6-18(7-9-19)14-16(2)3/h16-19H,4-15H2,1-3H3. The molecule has 2 rings (SSSR count). The van der Waals surface area contributed by atoms with Crippen molar-refractivity contribution in [3.8, 4) is 0 Å². The Morgan fingerprint density at radius 3 is 2.00 bits per heavy atom. The monoisotopic (exact) mass is 279 g/mol. The normalized spacial score (nSPS) is 30.0. The first kappa shape index (κ1) is 16.3. The highest BCUT2D eigenvalue weighted by Gasteiger charge is 2.25. The number of rotatable bonds is 6. The van der Waals surface area contributed by atoms with Gasteiger partial charge in [0.2, 0.25) is 0 Å². The molecule has 0 spiro atoms. The lowest BCUT2D eigenvalue weighted by atomic mass is 9.78. The molecule has 1 saturated carbocycles. The second-order valence-electron chi connectivity index (χ2n) is 8.05. The summed E-state index contributed by atoms with van der Waals surface area (Å²) in [6.45, 7) is 11.3. The highest BCUT2D eigenvalue weighted by molar-refractivity contribution is 4.78. The van der Waals surface area contributed by atoms with Gasteiger partial charge in [-0.15, -0.1) is 0 Å². The van der Waals surface area contributed by atoms with Gasteiger partial charge in [0.25, 0.3) is 0 Å². The molecule has 1 aliphatic carbocycles. The minimum Gasteiger partial charge on any atom is -0.303 e. The molecule has 0 aromatic carbocycles. The summed E-state index contributed by atoms with van der Waals surface area (Å²) < 4.78 is 0. The maximum Gasteiger partial charge on any atom is 0.000966 e. The fourth-order valence-electron chi connectivity index (χ4n) is 4.55. The van der Waals surface area contributed by atoms with E-state index in [0.717, 1.165) is 23.7 Å². The van der Waals surface area contributed by atoms with Crippen LogP contribution >= 0.6 is 0 Å². The van der Waals surface area contributed by atoms with Crippen LogP contribution in [-0.4, -0.2) is 24.5 Å². The molecule has 1 nitrogen and oxygen atoms in total. The summed E-state index contributed by atoms with van der Waals surface area (Å²) in [5.74, 6) is 4.00. The average molecular weight is 280 g/mol. The lowest BCUT2D eigenvalue weighted by molar-refractivity contribution is 0.130. The fourth-order valence-corrected chi connectivity index (χ4v) is 4.55. The molecular formula is C19H37N. The summed E-state index contributed by atoms with van der Waals surface area (Å²) in [6, 6.07) is 0. The van der Waals surface area contributed by atoms with Gasteiger partial charge in [-0.25, -0.2) is 0 Å². The molecule has 0 radical (unpaired) electrons. The summed E-state index contributed by atoms with van der Waals surface area (Å²) in [4.78, 5) is 2.78. The molecule has 0 aromatic rings. The second-order valence-corrected chi connectivity index (χ2v) is 8.05. The molecule has 0 amide bonds. The lowest BCUT2D eigenvalue weighted by Crippen LogP contribution is -2.38. The Labute approximate surface area is 127 Å². The Kier molecular flexibility index (Phi) is 6.87. The van der Waals surface area contributed by atoms with E-state index >= 15 is 0 Å². The van der Waals surface area contributed by atoms with Crippen molar-refractivity contribution in [1.29, 1.82) is 0 Å². The first-order valence-electron chi connectivity index (χ1n) is 9.39. The van der Waals surface area contributed by atoms with E-state index in [-0.39, 0.29) is 0 Å². The maximum atomic E-state index is 2.78. The molecule has 1 heteroatoms. The quantitative estimate of drug-likeness (QED) is 0.633. The molecule has 118 valence electrons. The Hall–Kier alpha value is -0.0400. The molecule has 1 saturated heterocycles. The highest BCUT2D eigenvalue weighted by Crippen LogP contribution is 2.33. The molecule has 1 aliphatic heterocycles. The third-order valence-electron chi connectivity index (χ3n) is 5.69. The Morgan fingerprint density at radius 1 is 0.850 bits per heavy atom. The van der Waals surface area contributed by atoms with Gasteiger partial charge < -0.3 is 4.90 Å². The van der Waals surface area contributed by atoms with Gasteiger partial charge in [0.05, 0.1) is 0 Å². The number of nitrogens with zero attached hydrogens (tertiary/aromatic N) is 1. The Morgan fingerprint density at radius 2 is 1.45 bits per heavy atom. The average Bonchev–Trinajstić information content (AvgIpc) is 2.43. The molecule has 0 atom stereocenters. The predicted molar refractivity (Wildman–Crippen MR) is 89.0 cm³/mol. The molecule has 2 aliphatic rings. The molecule has 0 unspecified atom stereocenters. The third-order valence-corrected chi connectivity index (χ3v) is 5.69. The molecular weight excluding hydrogens is 242 g/mol. The van der Waals surface area contributed by atoms with E-state index in [0.29, 0.717) is 0 Å². The number of hydrogen-bond acceptors (Lipinski definition) is 1. The van der Waals surface area contributed by atoms with Crippen molar-refractivity contribution in [2.24, 2.45) is 23.7 Å². The SMILES string of the molecule is CCCC1CCN(CC2CCC(CC(C)C)CC2)CC1. The maximum absolute atomic E-state index is 2.78. The minimum atomic E-state index is 0.897. The summed E-state index contributed by atoms with van der Waals surface area (Å²) in [5, 5.41) is 0. The van der Waals surface area contributed by atoms with E-state index in [4.69, 9.17) is 0 Å². The number of piperidine rings is 1. The smallest absolute Gasteiger partial charge is 0.000966 e. The van der Waals surface area contributed by atoms with Crippen LogP contribution in [0, 0.1) is 23.7 Å². The van der Waals surface area contributed by atoms with Gasteiger partial charge in [0.15, 0.2) is 0 Å². The number of likely N-dealkylation sites (tertiary alicyclic amines) is 1. The van der Waals surface area contributed by atoms with E-state index in [9.17, 15) is 0 Å². The van der Waals surface area contributed by atoms with Crippen LogP contribution in [-0.2, 0) is 0 Å². The molecule has 1 heterocycles. The molecule has 0 N–H and O–H groups in total. The number of hydrogen-bond donors (Lipinski definition) is 0. The van der Waals surface area contributed by atoms with Crippen molar-refractivity contribution in [3.05, 3.63) is 0 Å². The van der Waals surface area contributed by atoms with Gasteiger partial charge in [-0.1, -0.05) is 46.5 Å². The zero-order valence-electron chi connectivity index (χ0n) is 14.2. The van der Waals surface area contributed by atoms with Crippen LogP contribution in [0.25, 0.3) is 0 Å². The largest absolute Gasteiger partial charge is 0.303 e. The third kappa shape index (κ3) is 5.39. The van der Waals surface area contributed by atoms with Crippen molar-refractivity contribution in [1.82, 2.24) is 4.90 Å². The van der Waals surface area contributed by atoms with Gasteiger partial charge in [0.1, 0.15) is 0 Å². The van der Waals surface area contributed by atoms with Crippen molar-refractivity contribution in [3.63, 3.8) is 0 Å². The molecule has 0 aromatic heterocycles. The molecule has 20 heavy (non-hydrogen) atoms. The van der Waals surface area contributed by atoms with Crippen molar-refractivity contribution >= 4 is 0 Å². The topological polar surface area (TPSA) is 3.24 Å². The Balaban J connectivity index is 1.61. The summed E-state index contributed by atoms with van der Waals surface area (Å²) in [6.07, 6.45) is 13.3. The van der Waals surface area contributed by atoms with Crippen molar-refractivity contribution in [2.75, 3.05) is 19.6 Å². The molecule has 0 bridgehead atoms. The van der Waals surface area contributed by atoms with E-state index in [1.165, 1.54) is 77.4 Å². The summed E-state index contributed by atoms with van der Waals surface area (Å²) in [7, 11) is 0. The van der Waals surface area contributed by atoms with Gasteiger partial charge >= 0.3 is 0 Å². The van der Waals surface area contributed by atoms with Crippen LogP contribution in [0.4, 0.5) is 0 Å². The second kappa shape index (κ2) is 8.41. The summed E-state index contributed by atoms with van der Waals surface area (Å²) in [5.41, 5.74) is 0. The first-order valence-corrected chi connectivity index (χ1v) is 9.39. The van der Waals surface area contributed by atoms with Gasteiger partial charge in [0, 0.05) is 6.54 Å². The summed E-state index contributed by atoms with van der Waals surface area (Å²) >= 11 is 0. The fraction of sp³-hybridized carbons (Fsp3) is 1.00. The zero-order valence-corrected chi connectivity index (χ0v) is 14.2.